The number of benzene rings is 1. The van der Waals surface area contributed by atoms with Crippen molar-refractivity contribution in [2.45, 2.75) is 78.0 Å². The molecule has 1 heterocycles. The number of halogens is 3. The summed E-state index contributed by atoms with van der Waals surface area (Å²) in [5.41, 5.74) is 4.08. The van der Waals surface area contributed by atoms with Crippen LogP contribution < -0.4 is 0 Å². The van der Waals surface area contributed by atoms with Crippen molar-refractivity contribution in [3.8, 4) is 0 Å². The van der Waals surface area contributed by atoms with Crippen LogP contribution in [0, 0.1) is 23.2 Å². The molecule has 42 heavy (non-hydrogen) atoms. The lowest BCUT2D eigenvalue weighted by molar-refractivity contribution is -0.137. The fourth-order valence-electron chi connectivity index (χ4n) is 6.91. The number of aliphatic imine (C=N–C) groups is 1. The molecule has 0 saturated heterocycles. The normalized spacial score (nSPS) is 26.2. The fourth-order valence-corrected chi connectivity index (χ4v) is 6.91. The van der Waals surface area contributed by atoms with E-state index in [0.717, 1.165) is 49.9 Å². The first kappa shape index (κ1) is 32.0. The molecule has 0 saturated carbocycles. The Bertz CT molecular complexity index is 1290. The molecule has 2 aliphatic carbocycles. The van der Waals surface area contributed by atoms with Crippen molar-refractivity contribution in [2.75, 3.05) is 20.1 Å². The molecular weight excluding hydrogens is 537 g/mol. The van der Waals surface area contributed by atoms with Crippen molar-refractivity contribution >= 4 is 12.0 Å². The number of likely N-dealkylation sites (N-methyl/N-ethyl adjacent to an activating group) is 1. The number of nitrogens with zero attached hydrogens (tertiary/aromatic N) is 2. The Labute approximate surface area is 248 Å². The number of carbonyl (C=O) groups excluding carboxylic acids is 1. The number of rotatable bonds is 12. The van der Waals surface area contributed by atoms with Gasteiger partial charge in [0.15, 0.2) is 0 Å². The van der Waals surface area contributed by atoms with Gasteiger partial charge in [0, 0.05) is 42.8 Å². The van der Waals surface area contributed by atoms with E-state index in [0.29, 0.717) is 36.8 Å². The zero-order chi connectivity index (χ0) is 30.7. The third kappa shape index (κ3) is 7.16. The number of hydrogen-bond acceptors (Lipinski definition) is 4. The van der Waals surface area contributed by atoms with Gasteiger partial charge in [-0.05, 0) is 73.3 Å². The third-order valence-corrected chi connectivity index (χ3v) is 9.53. The summed E-state index contributed by atoms with van der Waals surface area (Å²) in [4.78, 5) is 19.6. The van der Waals surface area contributed by atoms with E-state index in [2.05, 4.69) is 63.1 Å². The van der Waals surface area contributed by atoms with Crippen molar-refractivity contribution in [1.29, 1.82) is 0 Å². The van der Waals surface area contributed by atoms with E-state index < -0.39 is 23.8 Å². The quantitative estimate of drug-likeness (QED) is 0.201. The zero-order valence-electron chi connectivity index (χ0n) is 25.5. The van der Waals surface area contributed by atoms with Gasteiger partial charge in [0.25, 0.3) is 0 Å². The molecule has 1 N–H and O–H groups in total. The summed E-state index contributed by atoms with van der Waals surface area (Å²) in [7, 11) is 2.13. The maximum absolute atomic E-state index is 13.4. The topological polar surface area (TPSA) is 52.9 Å². The van der Waals surface area contributed by atoms with Crippen molar-refractivity contribution in [3.05, 3.63) is 82.6 Å². The van der Waals surface area contributed by atoms with Gasteiger partial charge in [-0.3, -0.25) is 4.99 Å². The molecule has 0 fully saturated rings. The van der Waals surface area contributed by atoms with Crippen LogP contribution in [0.1, 0.15) is 76.8 Å². The number of aliphatic hydroxyl groups is 1. The Morgan fingerprint density at radius 1 is 1.24 bits per heavy atom. The van der Waals surface area contributed by atoms with Crippen LogP contribution >= 0.6 is 0 Å². The van der Waals surface area contributed by atoms with E-state index >= 15 is 0 Å². The molecule has 228 valence electrons. The van der Waals surface area contributed by atoms with Crippen LogP contribution in [0.25, 0.3) is 0 Å². The standard InChI is InChI=1S/C35H45F3N2O2/c1-6-24-19-28(14-15-29(24)32-13-8-9-16-40(32)5)39-21-31-30(17-23(3)42)33(31)34(4,7-2)20-26(22-41)25-11-10-12-27(18-25)35(36,37)38/h8-15,18,22-24,26,29-30,42H,6-7,16-17,19-21H2,1-5H3. The van der Waals surface area contributed by atoms with Crippen LogP contribution in [0.5, 0.6) is 0 Å². The Morgan fingerprint density at radius 3 is 2.62 bits per heavy atom. The SMILES string of the molecule is CCC1CC(=NCC2=C(C(C)(CC)CC(C=O)c3cccc(C(F)(F)F)c3)C2CC(C)O)C=CC1C1=CC=CCN1C. The highest BCUT2D eigenvalue weighted by Crippen LogP contribution is 2.57. The van der Waals surface area contributed by atoms with Crippen LogP contribution in [0.15, 0.2) is 76.5 Å². The van der Waals surface area contributed by atoms with E-state index in [1.807, 2.05) is 0 Å². The lowest BCUT2D eigenvalue weighted by atomic mass is 9.73. The van der Waals surface area contributed by atoms with Crippen molar-refractivity contribution in [1.82, 2.24) is 4.90 Å². The van der Waals surface area contributed by atoms with E-state index in [1.165, 1.54) is 22.9 Å². The second kappa shape index (κ2) is 13.2. The largest absolute Gasteiger partial charge is 0.416 e. The minimum absolute atomic E-state index is 0.100. The molecule has 3 aliphatic rings. The van der Waals surface area contributed by atoms with Crippen molar-refractivity contribution in [2.24, 2.45) is 28.2 Å². The average Bonchev–Trinajstić information content (AvgIpc) is 3.66. The highest BCUT2D eigenvalue weighted by Gasteiger charge is 2.47. The lowest BCUT2D eigenvalue weighted by Crippen LogP contribution is -2.31. The maximum atomic E-state index is 13.4. The number of aldehydes is 1. The van der Waals surface area contributed by atoms with Gasteiger partial charge in [0.1, 0.15) is 6.29 Å². The van der Waals surface area contributed by atoms with E-state index in [1.54, 1.807) is 13.0 Å². The van der Waals surface area contributed by atoms with Crippen LogP contribution in [0.2, 0.25) is 0 Å². The number of hydrogen-bond donors (Lipinski definition) is 1. The molecule has 0 spiro atoms. The van der Waals surface area contributed by atoms with Crippen molar-refractivity contribution in [3.63, 3.8) is 0 Å². The van der Waals surface area contributed by atoms with Gasteiger partial charge in [-0.1, -0.05) is 69.2 Å². The first-order valence-electron chi connectivity index (χ1n) is 15.2. The predicted octanol–water partition coefficient (Wildman–Crippen LogP) is 7.92. The Morgan fingerprint density at radius 2 is 2.00 bits per heavy atom. The summed E-state index contributed by atoms with van der Waals surface area (Å²) in [5, 5.41) is 10.3. The minimum Gasteiger partial charge on any atom is -0.393 e. The fraction of sp³-hybridized carbons (Fsp3) is 0.543. The molecule has 1 aliphatic heterocycles. The molecule has 4 rings (SSSR count). The Hall–Kier alpha value is -2.93. The summed E-state index contributed by atoms with van der Waals surface area (Å²) in [6, 6.07) is 5.12. The number of allylic oxidation sites excluding steroid dienone is 5. The molecule has 0 amide bonds. The first-order chi connectivity index (χ1) is 19.9. The smallest absolute Gasteiger partial charge is 0.393 e. The summed E-state index contributed by atoms with van der Waals surface area (Å²) in [6.07, 6.45) is 10.5. The van der Waals surface area contributed by atoms with Gasteiger partial charge in [0.2, 0.25) is 0 Å². The summed E-state index contributed by atoms with van der Waals surface area (Å²) in [5.74, 6) is 0.276. The highest BCUT2D eigenvalue weighted by atomic mass is 19.4. The molecule has 1 aromatic rings. The highest BCUT2D eigenvalue weighted by molar-refractivity contribution is 5.96. The second-order valence-corrected chi connectivity index (χ2v) is 12.5. The third-order valence-electron chi connectivity index (χ3n) is 9.53. The lowest BCUT2D eigenvalue weighted by Gasteiger charge is -2.35. The molecule has 6 unspecified atom stereocenters. The summed E-state index contributed by atoms with van der Waals surface area (Å²) in [6.45, 7) is 9.64. The predicted molar refractivity (Wildman–Crippen MR) is 163 cm³/mol. The average molecular weight is 583 g/mol. The molecule has 4 nitrogen and oxygen atoms in total. The summed E-state index contributed by atoms with van der Waals surface area (Å²) < 4.78 is 40.1. The van der Waals surface area contributed by atoms with Gasteiger partial charge in [-0.25, -0.2) is 0 Å². The Kier molecular flexibility index (Phi) is 10.0. The van der Waals surface area contributed by atoms with E-state index in [-0.39, 0.29) is 11.3 Å². The number of carbonyl (C=O) groups is 1. The molecule has 0 radical (unpaired) electrons. The molecule has 6 atom stereocenters. The molecule has 7 heteroatoms. The van der Waals surface area contributed by atoms with Gasteiger partial charge < -0.3 is 14.8 Å². The maximum Gasteiger partial charge on any atom is 0.416 e. The van der Waals surface area contributed by atoms with Gasteiger partial charge >= 0.3 is 6.18 Å². The Balaban J connectivity index is 1.56. The zero-order valence-corrected chi connectivity index (χ0v) is 25.5. The molecule has 0 bridgehead atoms. The summed E-state index contributed by atoms with van der Waals surface area (Å²) >= 11 is 0. The van der Waals surface area contributed by atoms with Crippen LogP contribution in [0.3, 0.4) is 0 Å². The van der Waals surface area contributed by atoms with Gasteiger partial charge in [0.05, 0.1) is 18.2 Å². The van der Waals surface area contributed by atoms with Crippen molar-refractivity contribution < 1.29 is 23.1 Å². The molecular formula is C35H45F3N2O2. The second-order valence-electron chi connectivity index (χ2n) is 12.5. The van der Waals surface area contributed by atoms with Gasteiger partial charge in [-0.15, -0.1) is 0 Å². The van der Waals surface area contributed by atoms with Crippen LogP contribution in [-0.2, 0) is 11.0 Å². The minimum atomic E-state index is -4.46. The monoisotopic (exact) mass is 582 g/mol. The number of aliphatic hydroxyl groups excluding tert-OH is 1. The van der Waals surface area contributed by atoms with Crippen LogP contribution in [0.4, 0.5) is 13.2 Å². The molecule has 1 aromatic carbocycles. The van der Waals surface area contributed by atoms with E-state index in [9.17, 15) is 23.1 Å². The van der Waals surface area contributed by atoms with Gasteiger partial charge in [-0.2, -0.15) is 13.2 Å². The first-order valence-corrected chi connectivity index (χ1v) is 15.2. The molecule has 0 aromatic heterocycles. The number of alkyl halides is 3. The van der Waals surface area contributed by atoms with E-state index in [4.69, 9.17) is 4.99 Å². The van der Waals surface area contributed by atoms with Crippen LogP contribution in [-0.4, -0.2) is 48.2 Å².